The fraction of sp³-hybridized carbons (Fsp3) is 0.214. The van der Waals surface area contributed by atoms with Gasteiger partial charge in [-0.05, 0) is 30.8 Å². The van der Waals surface area contributed by atoms with Crippen molar-refractivity contribution in [2.75, 3.05) is 6.54 Å². The minimum absolute atomic E-state index is 0.541. The van der Waals surface area contributed by atoms with Gasteiger partial charge in [-0.15, -0.1) is 0 Å². The Kier molecular flexibility index (Phi) is 5.02. The first-order chi connectivity index (χ1) is 9.19. The van der Waals surface area contributed by atoms with Crippen molar-refractivity contribution in [3.05, 3.63) is 52.3 Å². The van der Waals surface area contributed by atoms with E-state index in [0.29, 0.717) is 21.5 Å². The summed E-state index contributed by atoms with van der Waals surface area (Å²) in [6.07, 6.45) is 3.42. The molecule has 3 nitrogen and oxygen atoms in total. The Balaban J connectivity index is 2.22. The van der Waals surface area contributed by atoms with E-state index in [1.54, 1.807) is 30.6 Å². The standard InChI is InChI=1S/C14H14Cl2N2O/c1-2-17-8-10-3-4-18-9-14(10)19-13-6-11(15)5-12(16)7-13/h3-7,9,17H,2,8H2,1H3. The fourth-order valence-corrected chi connectivity index (χ4v) is 2.13. The van der Waals surface area contributed by atoms with Crippen LogP contribution >= 0.6 is 23.2 Å². The molecule has 0 aliphatic rings. The number of hydrogen-bond acceptors (Lipinski definition) is 3. The van der Waals surface area contributed by atoms with E-state index in [9.17, 15) is 0 Å². The summed E-state index contributed by atoms with van der Waals surface area (Å²) in [4.78, 5) is 4.08. The van der Waals surface area contributed by atoms with Gasteiger partial charge in [0.2, 0.25) is 0 Å². The molecule has 5 heteroatoms. The summed E-state index contributed by atoms with van der Waals surface area (Å²) in [6, 6.07) is 7.03. The van der Waals surface area contributed by atoms with E-state index >= 15 is 0 Å². The summed E-state index contributed by atoms with van der Waals surface area (Å²) < 4.78 is 5.80. The second-order valence-corrected chi connectivity index (χ2v) is 4.84. The largest absolute Gasteiger partial charge is 0.455 e. The molecule has 0 spiro atoms. The Bertz CT molecular complexity index is 541. The van der Waals surface area contributed by atoms with Crippen LogP contribution in [0.5, 0.6) is 11.5 Å². The zero-order chi connectivity index (χ0) is 13.7. The molecule has 0 unspecified atom stereocenters. The van der Waals surface area contributed by atoms with Gasteiger partial charge in [0.15, 0.2) is 0 Å². The molecular formula is C14H14Cl2N2O. The molecule has 0 radical (unpaired) electrons. The second kappa shape index (κ2) is 6.75. The Morgan fingerprint density at radius 3 is 2.63 bits per heavy atom. The van der Waals surface area contributed by atoms with Crippen molar-refractivity contribution in [2.24, 2.45) is 0 Å². The molecule has 19 heavy (non-hydrogen) atoms. The van der Waals surface area contributed by atoms with Crippen molar-refractivity contribution in [1.82, 2.24) is 10.3 Å². The van der Waals surface area contributed by atoms with Crippen LogP contribution in [0.2, 0.25) is 10.0 Å². The smallest absolute Gasteiger partial charge is 0.150 e. The quantitative estimate of drug-likeness (QED) is 0.894. The van der Waals surface area contributed by atoms with Gasteiger partial charge in [-0.2, -0.15) is 0 Å². The highest BCUT2D eigenvalue weighted by Crippen LogP contribution is 2.29. The lowest BCUT2D eigenvalue weighted by Crippen LogP contribution is -2.12. The van der Waals surface area contributed by atoms with Crippen LogP contribution in [0.15, 0.2) is 36.7 Å². The maximum Gasteiger partial charge on any atom is 0.150 e. The summed E-state index contributed by atoms with van der Waals surface area (Å²) in [5.41, 5.74) is 1.04. The summed E-state index contributed by atoms with van der Waals surface area (Å²) >= 11 is 11.9. The molecule has 1 heterocycles. The number of halogens is 2. The molecule has 1 aromatic carbocycles. The SMILES string of the molecule is CCNCc1ccncc1Oc1cc(Cl)cc(Cl)c1. The van der Waals surface area contributed by atoms with Gasteiger partial charge >= 0.3 is 0 Å². The highest BCUT2D eigenvalue weighted by atomic mass is 35.5. The molecule has 0 fully saturated rings. The molecule has 0 atom stereocenters. The van der Waals surface area contributed by atoms with Crippen LogP contribution in [0.3, 0.4) is 0 Å². The lowest BCUT2D eigenvalue weighted by molar-refractivity contribution is 0.471. The van der Waals surface area contributed by atoms with Gasteiger partial charge in [0.25, 0.3) is 0 Å². The average Bonchev–Trinajstić information content (AvgIpc) is 2.36. The highest BCUT2D eigenvalue weighted by Gasteiger charge is 2.06. The molecule has 100 valence electrons. The molecule has 1 aromatic heterocycles. The molecule has 0 bridgehead atoms. The average molecular weight is 297 g/mol. The maximum absolute atomic E-state index is 5.95. The topological polar surface area (TPSA) is 34.2 Å². The van der Waals surface area contributed by atoms with Crippen molar-refractivity contribution in [1.29, 1.82) is 0 Å². The van der Waals surface area contributed by atoms with E-state index in [0.717, 1.165) is 18.7 Å². The minimum Gasteiger partial charge on any atom is -0.455 e. The number of pyridine rings is 1. The van der Waals surface area contributed by atoms with Crippen molar-refractivity contribution in [3.8, 4) is 11.5 Å². The fourth-order valence-electron chi connectivity index (χ4n) is 1.62. The molecular weight excluding hydrogens is 283 g/mol. The van der Waals surface area contributed by atoms with E-state index in [4.69, 9.17) is 27.9 Å². The van der Waals surface area contributed by atoms with Gasteiger partial charge in [-0.25, -0.2) is 0 Å². The molecule has 2 aromatic rings. The summed E-state index contributed by atoms with van der Waals surface area (Å²) in [6.45, 7) is 3.67. The van der Waals surface area contributed by atoms with Crippen LogP contribution in [0.1, 0.15) is 12.5 Å². The van der Waals surface area contributed by atoms with Gasteiger partial charge in [0.05, 0.1) is 6.20 Å². The van der Waals surface area contributed by atoms with E-state index in [1.807, 2.05) is 6.07 Å². The van der Waals surface area contributed by atoms with E-state index in [2.05, 4.69) is 17.2 Å². The predicted octanol–water partition coefficient (Wildman–Crippen LogP) is 4.29. The number of aromatic nitrogens is 1. The lowest BCUT2D eigenvalue weighted by Gasteiger charge is -2.11. The zero-order valence-electron chi connectivity index (χ0n) is 10.5. The summed E-state index contributed by atoms with van der Waals surface area (Å²) in [5.74, 6) is 1.30. The molecule has 1 N–H and O–H groups in total. The Labute approximate surface area is 122 Å². The molecule has 0 aliphatic carbocycles. The minimum atomic E-state index is 0.541. The number of rotatable bonds is 5. The van der Waals surface area contributed by atoms with Crippen molar-refractivity contribution in [2.45, 2.75) is 13.5 Å². The molecule has 0 aliphatic heterocycles. The monoisotopic (exact) mass is 296 g/mol. The first-order valence-corrected chi connectivity index (χ1v) is 6.72. The molecule has 2 rings (SSSR count). The normalized spacial score (nSPS) is 10.5. The van der Waals surface area contributed by atoms with Crippen LogP contribution in [0.25, 0.3) is 0 Å². The third kappa shape index (κ3) is 4.10. The summed E-state index contributed by atoms with van der Waals surface area (Å²) in [5, 5.41) is 4.34. The van der Waals surface area contributed by atoms with Gasteiger partial charge in [-0.1, -0.05) is 30.1 Å². The lowest BCUT2D eigenvalue weighted by atomic mass is 10.2. The Hall–Kier alpha value is -1.29. The van der Waals surface area contributed by atoms with E-state index in [1.165, 1.54) is 0 Å². The van der Waals surface area contributed by atoms with E-state index in [-0.39, 0.29) is 0 Å². The van der Waals surface area contributed by atoms with Crippen LogP contribution in [-0.4, -0.2) is 11.5 Å². The third-order valence-electron chi connectivity index (χ3n) is 2.50. The van der Waals surface area contributed by atoms with Crippen LogP contribution in [-0.2, 0) is 6.54 Å². The maximum atomic E-state index is 5.95. The van der Waals surface area contributed by atoms with Gasteiger partial charge in [0.1, 0.15) is 11.5 Å². The number of benzene rings is 1. The number of nitrogens with zero attached hydrogens (tertiary/aromatic N) is 1. The Morgan fingerprint density at radius 1 is 1.21 bits per heavy atom. The number of hydrogen-bond donors (Lipinski definition) is 1. The molecule has 0 saturated heterocycles. The number of nitrogens with one attached hydrogen (secondary N) is 1. The zero-order valence-corrected chi connectivity index (χ0v) is 12.0. The Morgan fingerprint density at radius 2 is 1.95 bits per heavy atom. The van der Waals surface area contributed by atoms with Crippen LogP contribution in [0.4, 0.5) is 0 Å². The van der Waals surface area contributed by atoms with Gasteiger partial charge in [0, 0.05) is 28.4 Å². The van der Waals surface area contributed by atoms with Crippen LogP contribution < -0.4 is 10.1 Å². The van der Waals surface area contributed by atoms with Crippen molar-refractivity contribution >= 4 is 23.2 Å². The first-order valence-electron chi connectivity index (χ1n) is 5.96. The second-order valence-electron chi connectivity index (χ2n) is 3.97. The predicted molar refractivity (Wildman–Crippen MR) is 78.2 cm³/mol. The van der Waals surface area contributed by atoms with E-state index < -0.39 is 0 Å². The van der Waals surface area contributed by atoms with Crippen molar-refractivity contribution < 1.29 is 4.74 Å². The third-order valence-corrected chi connectivity index (χ3v) is 2.94. The molecule has 0 amide bonds. The summed E-state index contributed by atoms with van der Waals surface area (Å²) in [7, 11) is 0. The van der Waals surface area contributed by atoms with Crippen molar-refractivity contribution in [3.63, 3.8) is 0 Å². The van der Waals surface area contributed by atoms with Gasteiger partial charge in [-0.3, -0.25) is 4.98 Å². The first kappa shape index (κ1) is 14.1. The van der Waals surface area contributed by atoms with Gasteiger partial charge < -0.3 is 10.1 Å². The van der Waals surface area contributed by atoms with Crippen LogP contribution in [0, 0.1) is 0 Å². The molecule has 0 saturated carbocycles. The number of ether oxygens (including phenoxy) is 1. The highest BCUT2D eigenvalue weighted by molar-refractivity contribution is 6.34.